The highest BCUT2D eigenvalue weighted by Crippen LogP contribution is 2.15. The third-order valence-electron chi connectivity index (χ3n) is 5.40. The number of fused-ring (bicyclic) bond motifs is 13. The molecule has 2 bridgehead atoms. The van der Waals surface area contributed by atoms with Crippen LogP contribution in [-0.4, -0.2) is 61.3 Å². The highest BCUT2D eigenvalue weighted by atomic mass is 16.6. The molecule has 2 aliphatic rings. The van der Waals surface area contributed by atoms with Crippen LogP contribution in [0, 0.1) is 5.92 Å². The van der Waals surface area contributed by atoms with E-state index in [1.165, 1.54) is 7.11 Å². The number of methoxy groups -OCH3 is 1. The van der Waals surface area contributed by atoms with Gasteiger partial charge < -0.3 is 30.2 Å². The van der Waals surface area contributed by atoms with Gasteiger partial charge in [0.05, 0.1) is 7.11 Å². The number of benzene rings is 1. The number of alkyl carbamates (subject to hydrolysis) is 1. The van der Waals surface area contributed by atoms with Gasteiger partial charge in [-0.1, -0.05) is 38.1 Å². The molecular formula is C27H39N3O7. The zero-order valence-corrected chi connectivity index (χ0v) is 22.5. The van der Waals surface area contributed by atoms with E-state index in [4.69, 9.17) is 14.2 Å². The number of rotatable bonds is 4. The smallest absolute Gasteiger partial charge is 0.408 e. The van der Waals surface area contributed by atoms with E-state index >= 15 is 0 Å². The molecule has 1 aromatic rings. The van der Waals surface area contributed by atoms with Crippen molar-refractivity contribution >= 4 is 23.9 Å². The minimum atomic E-state index is -1.02. The second kappa shape index (κ2) is 13.7. The summed E-state index contributed by atoms with van der Waals surface area (Å²) in [4.78, 5) is 51.4. The molecular weight excluding hydrogens is 478 g/mol. The van der Waals surface area contributed by atoms with Gasteiger partial charge in [-0.2, -0.15) is 0 Å². The highest BCUT2D eigenvalue weighted by molar-refractivity contribution is 5.93. The lowest BCUT2D eigenvalue weighted by Crippen LogP contribution is -2.56. The van der Waals surface area contributed by atoms with Gasteiger partial charge in [-0.3, -0.25) is 9.59 Å². The monoisotopic (exact) mass is 517 g/mol. The van der Waals surface area contributed by atoms with Gasteiger partial charge in [0.15, 0.2) is 0 Å². The minimum absolute atomic E-state index is 0.0589. The third-order valence-corrected chi connectivity index (χ3v) is 5.40. The van der Waals surface area contributed by atoms with Gasteiger partial charge in [0.1, 0.15) is 36.1 Å². The lowest BCUT2D eigenvalue weighted by molar-refractivity contribution is -0.145. The molecule has 0 aliphatic carbocycles. The molecule has 2 heterocycles. The van der Waals surface area contributed by atoms with E-state index in [0.717, 1.165) is 5.56 Å². The summed E-state index contributed by atoms with van der Waals surface area (Å²) in [5.74, 6) is -0.999. The summed E-state index contributed by atoms with van der Waals surface area (Å²) in [6.07, 6.45) is 3.40. The lowest BCUT2D eigenvalue weighted by atomic mass is 10.0. The van der Waals surface area contributed by atoms with Gasteiger partial charge in [0.2, 0.25) is 11.8 Å². The summed E-state index contributed by atoms with van der Waals surface area (Å²) in [5, 5.41) is 8.08. The second-order valence-corrected chi connectivity index (χ2v) is 10.3. The molecule has 0 spiro atoms. The first-order valence-electron chi connectivity index (χ1n) is 12.4. The summed E-state index contributed by atoms with van der Waals surface area (Å²) in [5.41, 5.74) is 0.0203. The molecule has 3 N–H and O–H groups in total. The zero-order valence-electron chi connectivity index (χ0n) is 22.5. The van der Waals surface area contributed by atoms with Crippen LogP contribution < -0.4 is 20.7 Å². The molecule has 10 heteroatoms. The van der Waals surface area contributed by atoms with Crippen molar-refractivity contribution in [3.63, 3.8) is 0 Å². The van der Waals surface area contributed by atoms with Gasteiger partial charge >= 0.3 is 12.1 Å². The predicted octanol–water partition coefficient (Wildman–Crippen LogP) is 2.65. The van der Waals surface area contributed by atoms with Crippen molar-refractivity contribution in [3.8, 4) is 5.75 Å². The molecule has 2 aliphatic heterocycles. The fourth-order valence-electron chi connectivity index (χ4n) is 3.67. The number of esters is 1. The minimum Gasteiger partial charge on any atom is -0.490 e. The molecule has 37 heavy (non-hydrogen) atoms. The van der Waals surface area contributed by atoms with Crippen LogP contribution in [0.25, 0.3) is 0 Å². The first kappa shape index (κ1) is 29.7. The molecule has 3 rings (SSSR count). The van der Waals surface area contributed by atoms with Crippen LogP contribution in [0.5, 0.6) is 5.75 Å². The van der Waals surface area contributed by atoms with Crippen molar-refractivity contribution in [3.05, 3.63) is 42.0 Å². The van der Waals surface area contributed by atoms with E-state index in [2.05, 4.69) is 16.0 Å². The second-order valence-electron chi connectivity index (χ2n) is 10.3. The Bertz CT molecular complexity index is 967. The Labute approximate surface area is 218 Å². The van der Waals surface area contributed by atoms with Gasteiger partial charge in [-0.05, 0) is 57.2 Å². The number of ether oxygens (including phenoxy) is 3. The van der Waals surface area contributed by atoms with E-state index in [-0.39, 0.29) is 25.4 Å². The average Bonchev–Trinajstić information content (AvgIpc) is 2.80. The maximum Gasteiger partial charge on any atom is 0.408 e. The molecule has 3 atom stereocenters. The van der Waals surface area contributed by atoms with E-state index in [1.54, 1.807) is 57.2 Å². The first-order valence-corrected chi connectivity index (χ1v) is 12.4. The Hall–Kier alpha value is -3.56. The quantitative estimate of drug-likeness (QED) is 0.413. The van der Waals surface area contributed by atoms with Gasteiger partial charge in [-0.25, -0.2) is 9.59 Å². The fraction of sp³-hybridized carbons (Fsp3) is 0.556. The standard InChI is InChI=1S/C27H39N3O7/c1-17(2)15-21-23(31)28-20(25(33)35-6)9-7-8-14-36-19-12-10-18(11-13-19)16-22(24(32)29-21)30-26(34)37-27(3,4)5/h7-8,10-13,17,20-22H,9,14-16H2,1-6H3,(H,28,31)(H,29,32)(H,30,34)/t20?,21-,22-/m0/s1. The number of hydrogen-bond acceptors (Lipinski definition) is 7. The molecule has 1 aromatic carbocycles. The van der Waals surface area contributed by atoms with E-state index in [1.807, 2.05) is 13.8 Å². The van der Waals surface area contributed by atoms with Crippen LogP contribution in [0.2, 0.25) is 0 Å². The van der Waals surface area contributed by atoms with Crippen LogP contribution >= 0.6 is 0 Å². The van der Waals surface area contributed by atoms with Crippen LogP contribution in [0.1, 0.15) is 53.0 Å². The molecule has 3 amide bonds. The molecule has 0 fully saturated rings. The predicted molar refractivity (Wildman–Crippen MR) is 138 cm³/mol. The van der Waals surface area contributed by atoms with E-state index in [0.29, 0.717) is 12.2 Å². The number of carbonyl (C=O) groups is 4. The largest absolute Gasteiger partial charge is 0.490 e. The maximum absolute atomic E-state index is 13.4. The Morgan fingerprint density at radius 1 is 1.08 bits per heavy atom. The summed E-state index contributed by atoms with van der Waals surface area (Å²) < 4.78 is 15.9. The lowest BCUT2D eigenvalue weighted by Gasteiger charge is -2.26. The SMILES string of the molecule is COC(=O)C1CC=CCOc2ccc(cc2)C[C@H](NC(=O)OC(C)(C)C)C(=O)N[C@@H](CC(C)C)C(=O)N1. The summed E-state index contributed by atoms with van der Waals surface area (Å²) in [7, 11) is 1.24. The number of nitrogens with one attached hydrogen (secondary N) is 3. The van der Waals surface area contributed by atoms with E-state index < -0.39 is 47.6 Å². The normalized spacial score (nSPS) is 21.3. The van der Waals surface area contributed by atoms with E-state index in [9.17, 15) is 19.2 Å². The molecule has 0 radical (unpaired) electrons. The van der Waals surface area contributed by atoms with Crippen molar-refractivity contribution in [2.75, 3.05) is 13.7 Å². The van der Waals surface area contributed by atoms with Crippen LogP contribution in [-0.2, 0) is 30.3 Å². The van der Waals surface area contributed by atoms with Crippen molar-refractivity contribution in [1.82, 2.24) is 16.0 Å². The van der Waals surface area contributed by atoms with Crippen molar-refractivity contribution in [1.29, 1.82) is 0 Å². The average molecular weight is 518 g/mol. The highest BCUT2D eigenvalue weighted by Gasteiger charge is 2.31. The number of carbonyl (C=O) groups excluding carboxylic acids is 4. The molecule has 0 saturated heterocycles. The van der Waals surface area contributed by atoms with Gasteiger partial charge in [0, 0.05) is 6.42 Å². The van der Waals surface area contributed by atoms with Crippen LogP contribution in [0.3, 0.4) is 0 Å². The Kier molecular flexibility index (Phi) is 11.0. The van der Waals surface area contributed by atoms with Gasteiger partial charge in [-0.15, -0.1) is 0 Å². The van der Waals surface area contributed by atoms with Crippen molar-refractivity contribution in [2.45, 2.75) is 77.6 Å². The number of hydrogen-bond donors (Lipinski definition) is 3. The topological polar surface area (TPSA) is 132 Å². The summed E-state index contributed by atoms with van der Waals surface area (Å²) in [6, 6.07) is 4.26. The molecule has 10 nitrogen and oxygen atoms in total. The Morgan fingerprint density at radius 3 is 2.35 bits per heavy atom. The Morgan fingerprint density at radius 2 is 1.76 bits per heavy atom. The fourth-order valence-corrected chi connectivity index (χ4v) is 3.67. The zero-order chi connectivity index (χ0) is 27.6. The van der Waals surface area contributed by atoms with Crippen LogP contribution in [0.15, 0.2) is 36.4 Å². The molecule has 0 saturated carbocycles. The van der Waals surface area contributed by atoms with Crippen molar-refractivity contribution < 1.29 is 33.4 Å². The third kappa shape index (κ3) is 10.5. The molecule has 1 unspecified atom stereocenters. The summed E-state index contributed by atoms with van der Waals surface area (Å²) in [6.45, 7) is 9.27. The van der Waals surface area contributed by atoms with Crippen molar-refractivity contribution in [2.24, 2.45) is 5.92 Å². The molecule has 0 aromatic heterocycles. The Balaban J connectivity index is 2.39. The maximum atomic E-state index is 13.4. The molecule has 204 valence electrons. The van der Waals surface area contributed by atoms with Crippen LogP contribution in [0.4, 0.5) is 4.79 Å². The summed E-state index contributed by atoms with van der Waals surface area (Å²) >= 11 is 0. The van der Waals surface area contributed by atoms with Gasteiger partial charge in [0.25, 0.3) is 0 Å². The first-order chi connectivity index (χ1) is 17.4. The number of amides is 3.